The first-order valence-electron chi connectivity index (χ1n) is 3.59. The van der Waals surface area contributed by atoms with E-state index in [2.05, 4.69) is 20.9 Å². The molecular weight excluding hydrogens is 254 g/mol. The zero-order valence-electron chi connectivity index (χ0n) is 6.48. The fourth-order valence-electron chi connectivity index (χ4n) is 0.982. The Labute approximate surface area is 87.2 Å². The van der Waals surface area contributed by atoms with Crippen LogP contribution in [0.15, 0.2) is 32.8 Å². The summed E-state index contributed by atoms with van der Waals surface area (Å²) in [4.78, 5) is 4.00. The summed E-state index contributed by atoms with van der Waals surface area (Å²) in [6.45, 7) is 0. The first kappa shape index (κ1) is 8.93. The van der Waals surface area contributed by atoms with Crippen molar-refractivity contribution >= 4 is 27.3 Å². The van der Waals surface area contributed by atoms with Crippen molar-refractivity contribution in [2.45, 2.75) is 6.10 Å². The Balaban J connectivity index is 2.33. The molecule has 2 aromatic rings. The van der Waals surface area contributed by atoms with Gasteiger partial charge in [0.15, 0.2) is 11.9 Å². The van der Waals surface area contributed by atoms with Crippen molar-refractivity contribution in [3.63, 3.8) is 0 Å². The van der Waals surface area contributed by atoms with Gasteiger partial charge in [-0.25, -0.2) is 4.98 Å². The van der Waals surface area contributed by atoms with E-state index in [1.807, 2.05) is 5.38 Å². The van der Waals surface area contributed by atoms with Crippen LogP contribution in [-0.2, 0) is 0 Å². The number of rotatable bonds is 2. The zero-order chi connectivity index (χ0) is 9.26. The van der Waals surface area contributed by atoms with Crippen LogP contribution in [0.2, 0.25) is 0 Å². The maximum absolute atomic E-state index is 9.77. The lowest BCUT2D eigenvalue weighted by molar-refractivity contribution is 0.188. The van der Waals surface area contributed by atoms with Crippen LogP contribution in [-0.4, -0.2) is 10.1 Å². The van der Waals surface area contributed by atoms with Crippen LogP contribution in [0.1, 0.15) is 16.9 Å². The minimum absolute atomic E-state index is 0.495. The molecule has 68 valence electrons. The molecule has 0 aliphatic rings. The van der Waals surface area contributed by atoms with E-state index in [1.54, 1.807) is 12.3 Å². The SMILES string of the molecule is OC(c1nccs1)c1occc1Br. The Morgan fingerprint density at radius 3 is 3.00 bits per heavy atom. The van der Waals surface area contributed by atoms with Crippen molar-refractivity contribution in [1.29, 1.82) is 0 Å². The maximum atomic E-state index is 9.77. The van der Waals surface area contributed by atoms with E-state index in [-0.39, 0.29) is 0 Å². The average molecular weight is 260 g/mol. The van der Waals surface area contributed by atoms with Gasteiger partial charge in [-0.1, -0.05) is 0 Å². The molecule has 0 fully saturated rings. The predicted octanol–water partition coefficient (Wildman–Crippen LogP) is 2.58. The molecular formula is C8H6BrNO2S. The lowest BCUT2D eigenvalue weighted by Gasteiger charge is -2.03. The van der Waals surface area contributed by atoms with Crippen molar-refractivity contribution in [3.05, 3.63) is 39.1 Å². The third-order valence-electron chi connectivity index (χ3n) is 1.58. The third kappa shape index (κ3) is 1.67. The van der Waals surface area contributed by atoms with Crippen LogP contribution >= 0.6 is 27.3 Å². The van der Waals surface area contributed by atoms with E-state index in [0.717, 1.165) is 4.47 Å². The van der Waals surface area contributed by atoms with Gasteiger partial charge in [0, 0.05) is 11.6 Å². The predicted molar refractivity (Wildman–Crippen MR) is 52.6 cm³/mol. The standard InChI is InChI=1S/C8H6BrNO2S/c9-5-1-3-12-7(5)6(11)8-10-2-4-13-8/h1-4,6,11H. The fraction of sp³-hybridized carbons (Fsp3) is 0.125. The minimum atomic E-state index is -0.774. The molecule has 0 aliphatic carbocycles. The quantitative estimate of drug-likeness (QED) is 0.902. The van der Waals surface area contributed by atoms with Gasteiger partial charge in [0.05, 0.1) is 10.7 Å². The number of furan rings is 1. The summed E-state index contributed by atoms with van der Waals surface area (Å²) in [7, 11) is 0. The molecule has 2 heterocycles. The Bertz CT molecular complexity index is 385. The molecule has 1 N–H and O–H groups in total. The topological polar surface area (TPSA) is 46.3 Å². The molecule has 0 aliphatic heterocycles. The number of hydrogen-bond acceptors (Lipinski definition) is 4. The van der Waals surface area contributed by atoms with Crippen LogP contribution in [0.3, 0.4) is 0 Å². The molecule has 0 spiro atoms. The maximum Gasteiger partial charge on any atom is 0.164 e. The van der Waals surface area contributed by atoms with Gasteiger partial charge in [-0.05, 0) is 22.0 Å². The summed E-state index contributed by atoms with van der Waals surface area (Å²) in [6, 6.07) is 1.74. The Hall–Kier alpha value is -0.650. The molecule has 0 radical (unpaired) electrons. The van der Waals surface area contributed by atoms with E-state index in [1.165, 1.54) is 17.6 Å². The second-order valence-corrected chi connectivity index (χ2v) is 4.19. The summed E-state index contributed by atoms with van der Waals surface area (Å²) < 4.78 is 5.88. The second-order valence-electron chi connectivity index (χ2n) is 2.41. The fourth-order valence-corrected chi connectivity index (χ4v) is 2.02. The van der Waals surface area contributed by atoms with E-state index in [9.17, 15) is 5.11 Å². The van der Waals surface area contributed by atoms with Gasteiger partial charge in [-0.3, -0.25) is 0 Å². The zero-order valence-corrected chi connectivity index (χ0v) is 8.88. The van der Waals surface area contributed by atoms with Crippen LogP contribution in [0.5, 0.6) is 0 Å². The number of hydrogen-bond donors (Lipinski definition) is 1. The van der Waals surface area contributed by atoms with Gasteiger partial charge in [0.25, 0.3) is 0 Å². The second kappa shape index (κ2) is 3.61. The Morgan fingerprint density at radius 2 is 2.46 bits per heavy atom. The van der Waals surface area contributed by atoms with Crippen molar-refractivity contribution in [2.75, 3.05) is 0 Å². The minimum Gasteiger partial charge on any atom is -0.465 e. The normalized spacial score (nSPS) is 13.1. The summed E-state index contributed by atoms with van der Waals surface area (Å²) >= 11 is 4.67. The van der Waals surface area contributed by atoms with Crippen molar-refractivity contribution in [2.24, 2.45) is 0 Å². The Morgan fingerprint density at radius 1 is 1.62 bits per heavy atom. The van der Waals surface area contributed by atoms with Gasteiger partial charge < -0.3 is 9.52 Å². The average Bonchev–Trinajstić information content (AvgIpc) is 2.72. The van der Waals surface area contributed by atoms with E-state index >= 15 is 0 Å². The van der Waals surface area contributed by atoms with Gasteiger partial charge in [-0.2, -0.15) is 0 Å². The molecule has 3 nitrogen and oxygen atoms in total. The van der Waals surface area contributed by atoms with Gasteiger partial charge in [0.2, 0.25) is 0 Å². The molecule has 5 heteroatoms. The molecule has 2 aromatic heterocycles. The molecule has 0 amide bonds. The van der Waals surface area contributed by atoms with Crippen LogP contribution in [0.25, 0.3) is 0 Å². The van der Waals surface area contributed by atoms with Crippen molar-refractivity contribution < 1.29 is 9.52 Å². The molecule has 2 rings (SSSR count). The Kier molecular flexibility index (Phi) is 2.48. The van der Waals surface area contributed by atoms with Crippen molar-refractivity contribution in [1.82, 2.24) is 4.98 Å². The molecule has 0 bridgehead atoms. The summed E-state index contributed by atoms with van der Waals surface area (Å²) in [5.41, 5.74) is 0. The molecule has 1 unspecified atom stereocenters. The summed E-state index contributed by atoms with van der Waals surface area (Å²) in [5, 5.41) is 12.2. The number of aliphatic hydroxyl groups excluding tert-OH is 1. The van der Waals surface area contributed by atoms with Crippen LogP contribution < -0.4 is 0 Å². The highest BCUT2D eigenvalue weighted by Crippen LogP contribution is 2.29. The molecule has 0 saturated carbocycles. The molecule has 0 saturated heterocycles. The van der Waals surface area contributed by atoms with Crippen LogP contribution in [0.4, 0.5) is 0 Å². The molecule has 1 atom stereocenters. The monoisotopic (exact) mass is 259 g/mol. The van der Waals surface area contributed by atoms with E-state index in [0.29, 0.717) is 10.8 Å². The molecule has 13 heavy (non-hydrogen) atoms. The third-order valence-corrected chi connectivity index (χ3v) is 3.06. The highest BCUT2D eigenvalue weighted by molar-refractivity contribution is 9.10. The summed E-state index contributed by atoms with van der Waals surface area (Å²) in [6.07, 6.45) is 2.40. The van der Waals surface area contributed by atoms with E-state index < -0.39 is 6.10 Å². The van der Waals surface area contributed by atoms with Gasteiger partial charge >= 0.3 is 0 Å². The van der Waals surface area contributed by atoms with Gasteiger partial charge in [0.1, 0.15) is 5.01 Å². The lowest BCUT2D eigenvalue weighted by Crippen LogP contribution is -1.97. The van der Waals surface area contributed by atoms with Gasteiger partial charge in [-0.15, -0.1) is 11.3 Å². The number of aromatic nitrogens is 1. The van der Waals surface area contributed by atoms with Crippen molar-refractivity contribution in [3.8, 4) is 0 Å². The highest BCUT2D eigenvalue weighted by atomic mass is 79.9. The summed E-state index contributed by atoms with van der Waals surface area (Å²) in [5.74, 6) is 0.495. The van der Waals surface area contributed by atoms with Crippen LogP contribution in [0, 0.1) is 0 Å². The largest absolute Gasteiger partial charge is 0.465 e. The first-order chi connectivity index (χ1) is 6.29. The van der Waals surface area contributed by atoms with E-state index in [4.69, 9.17) is 4.42 Å². The first-order valence-corrected chi connectivity index (χ1v) is 5.26. The smallest absolute Gasteiger partial charge is 0.164 e. The highest BCUT2D eigenvalue weighted by Gasteiger charge is 2.18. The number of nitrogens with zero attached hydrogens (tertiary/aromatic N) is 1. The number of thiazole rings is 1. The number of aliphatic hydroxyl groups is 1. The lowest BCUT2D eigenvalue weighted by atomic mass is 10.3. The molecule has 0 aromatic carbocycles. The number of halogens is 1.